The van der Waals surface area contributed by atoms with E-state index in [-0.39, 0.29) is 16.6 Å². The third-order valence-corrected chi connectivity index (χ3v) is 4.75. The number of amides is 1. The van der Waals surface area contributed by atoms with Gasteiger partial charge in [0.05, 0.1) is 5.02 Å². The summed E-state index contributed by atoms with van der Waals surface area (Å²) in [7, 11) is 0. The van der Waals surface area contributed by atoms with Crippen molar-refractivity contribution in [3.05, 3.63) is 47.1 Å². The Hall–Kier alpha value is -2.21. The van der Waals surface area contributed by atoms with Crippen molar-refractivity contribution in [2.24, 2.45) is 0 Å². The van der Waals surface area contributed by atoms with Crippen LogP contribution in [0.1, 0.15) is 43.1 Å². The molecule has 0 saturated carbocycles. The van der Waals surface area contributed by atoms with Crippen molar-refractivity contribution in [1.82, 2.24) is 9.97 Å². The molecule has 25 heavy (non-hydrogen) atoms. The first-order valence-corrected chi connectivity index (χ1v) is 8.81. The highest BCUT2D eigenvalue weighted by atomic mass is 35.5. The first kappa shape index (κ1) is 17.6. The van der Waals surface area contributed by atoms with Crippen LogP contribution in [0.3, 0.4) is 0 Å². The third kappa shape index (κ3) is 4.07. The molecule has 3 rings (SSSR count). The molecule has 1 N–H and O–H groups in total. The molecule has 1 aliphatic rings. The van der Waals surface area contributed by atoms with Crippen LogP contribution >= 0.6 is 11.6 Å². The maximum Gasteiger partial charge on any atom is 0.274 e. The van der Waals surface area contributed by atoms with Gasteiger partial charge >= 0.3 is 0 Å². The van der Waals surface area contributed by atoms with Gasteiger partial charge in [0.2, 0.25) is 0 Å². The smallest absolute Gasteiger partial charge is 0.274 e. The van der Waals surface area contributed by atoms with Gasteiger partial charge in [-0.1, -0.05) is 18.5 Å². The van der Waals surface area contributed by atoms with E-state index >= 15 is 0 Å². The zero-order valence-corrected chi connectivity index (χ0v) is 14.8. The molecule has 0 spiro atoms. The number of nitrogens with zero attached hydrogens (tertiary/aromatic N) is 3. The highest BCUT2D eigenvalue weighted by molar-refractivity contribution is 6.31. The van der Waals surface area contributed by atoms with Crippen molar-refractivity contribution in [2.75, 3.05) is 16.8 Å². The Balaban J connectivity index is 1.78. The number of rotatable bonds is 4. The quantitative estimate of drug-likeness (QED) is 0.881. The predicted octanol–water partition coefficient (Wildman–Crippen LogP) is 4.29. The lowest BCUT2D eigenvalue weighted by molar-refractivity contribution is 0.102. The minimum absolute atomic E-state index is 0.0414. The molecule has 0 aliphatic carbocycles. The maximum atomic E-state index is 13.2. The lowest BCUT2D eigenvalue weighted by atomic mass is 10.00. The van der Waals surface area contributed by atoms with Gasteiger partial charge in [0.1, 0.15) is 23.7 Å². The minimum atomic E-state index is -0.528. The Morgan fingerprint density at radius 2 is 2.20 bits per heavy atom. The molecule has 1 aliphatic heterocycles. The molecule has 132 valence electrons. The summed E-state index contributed by atoms with van der Waals surface area (Å²) in [5.74, 6) is -0.139. The summed E-state index contributed by atoms with van der Waals surface area (Å²) in [4.78, 5) is 23.1. The van der Waals surface area contributed by atoms with Crippen LogP contribution in [0.5, 0.6) is 0 Å². The number of hydrogen-bond donors (Lipinski definition) is 1. The summed E-state index contributed by atoms with van der Waals surface area (Å²) in [5.41, 5.74) is 0.687. The molecule has 5 nitrogen and oxygen atoms in total. The van der Waals surface area contributed by atoms with Crippen LogP contribution in [0.25, 0.3) is 0 Å². The number of hydrogen-bond acceptors (Lipinski definition) is 4. The van der Waals surface area contributed by atoms with E-state index in [0.717, 1.165) is 31.6 Å². The number of halogens is 2. The fourth-order valence-electron chi connectivity index (χ4n) is 3.12. The van der Waals surface area contributed by atoms with Crippen molar-refractivity contribution >= 4 is 29.0 Å². The SMILES string of the molecule is CCC1CCCCN1c1cc(C(=O)Nc2ccc(F)c(Cl)c2)ncn1. The maximum absolute atomic E-state index is 13.2. The summed E-state index contributed by atoms with van der Waals surface area (Å²) in [5, 5.41) is 2.64. The second kappa shape index (κ2) is 7.78. The predicted molar refractivity (Wildman–Crippen MR) is 96.7 cm³/mol. The summed E-state index contributed by atoms with van der Waals surface area (Å²) in [6, 6.07) is 6.18. The van der Waals surface area contributed by atoms with Crippen LogP contribution in [0.4, 0.5) is 15.9 Å². The Morgan fingerprint density at radius 1 is 1.36 bits per heavy atom. The topological polar surface area (TPSA) is 58.1 Å². The van der Waals surface area contributed by atoms with Crippen LogP contribution in [0.2, 0.25) is 5.02 Å². The molecule has 1 amide bonds. The second-order valence-electron chi connectivity index (χ2n) is 6.10. The molecular formula is C18H20ClFN4O. The fourth-order valence-corrected chi connectivity index (χ4v) is 3.30. The molecular weight excluding hydrogens is 343 g/mol. The van der Waals surface area contributed by atoms with Gasteiger partial charge < -0.3 is 10.2 Å². The third-order valence-electron chi connectivity index (χ3n) is 4.46. The number of benzene rings is 1. The Morgan fingerprint density at radius 3 is 2.96 bits per heavy atom. The molecule has 2 heterocycles. The second-order valence-corrected chi connectivity index (χ2v) is 6.50. The van der Waals surface area contributed by atoms with E-state index in [1.807, 2.05) is 0 Å². The van der Waals surface area contributed by atoms with E-state index < -0.39 is 5.82 Å². The molecule has 2 aromatic rings. The highest BCUT2D eigenvalue weighted by Crippen LogP contribution is 2.25. The fraction of sp³-hybridized carbons (Fsp3) is 0.389. The van der Waals surface area contributed by atoms with Gasteiger partial charge in [-0.3, -0.25) is 4.79 Å². The first-order chi connectivity index (χ1) is 12.1. The van der Waals surface area contributed by atoms with Gasteiger partial charge in [-0.05, 0) is 43.9 Å². The highest BCUT2D eigenvalue weighted by Gasteiger charge is 2.23. The van der Waals surface area contributed by atoms with Gasteiger partial charge in [-0.25, -0.2) is 14.4 Å². The number of nitrogens with one attached hydrogen (secondary N) is 1. The molecule has 7 heteroatoms. The monoisotopic (exact) mass is 362 g/mol. The van der Waals surface area contributed by atoms with Gasteiger partial charge in [0, 0.05) is 24.3 Å². The molecule has 1 fully saturated rings. The lowest BCUT2D eigenvalue weighted by Gasteiger charge is -2.36. The Labute approximate surface area is 151 Å². The number of carbonyl (C=O) groups is 1. The van der Waals surface area contributed by atoms with Gasteiger partial charge in [-0.2, -0.15) is 0 Å². The zero-order chi connectivity index (χ0) is 17.8. The van der Waals surface area contributed by atoms with Gasteiger partial charge in [-0.15, -0.1) is 0 Å². The van der Waals surface area contributed by atoms with E-state index in [4.69, 9.17) is 11.6 Å². The number of carbonyl (C=O) groups excluding carboxylic acids is 1. The number of anilines is 2. The average molecular weight is 363 g/mol. The van der Waals surface area contributed by atoms with E-state index in [2.05, 4.69) is 27.1 Å². The Kier molecular flexibility index (Phi) is 5.48. The van der Waals surface area contributed by atoms with Crippen LogP contribution < -0.4 is 10.2 Å². The molecule has 1 saturated heterocycles. The van der Waals surface area contributed by atoms with Crippen LogP contribution in [-0.4, -0.2) is 28.5 Å². The Bertz CT molecular complexity index is 770. The largest absolute Gasteiger partial charge is 0.354 e. The average Bonchev–Trinajstić information content (AvgIpc) is 2.64. The summed E-state index contributed by atoms with van der Waals surface area (Å²) in [6.07, 6.45) is 5.92. The number of aromatic nitrogens is 2. The minimum Gasteiger partial charge on any atom is -0.354 e. The first-order valence-electron chi connectivity index (χ1n) is 8.43. The van der Waals surface area contributed by atoms with Crippen molar-refractivity contribution in [1.29, 1.82) is 0 Å². The van der Waals surface area contributed by atoms with Crippen LogP contribution in [0, 0.1) is 5.82 Å². The number of piperidine rings is 1. The summed E-state index contributed by atoms with van der Waals surface area (Å²) in [6.45, 7) is 3.10. The summed E-state index contributed by atoms with van der Waals surface area (Å²) < 4.78 is 13.2. The van der Waals surface area contributed by atoms with Crippen molar-refractivity contribution in [3.63, 3.8) is 0 Å². The molecule has 0 radical (unpaired) electrons. The summed E-state index contributed by atoms with van der Waals surface area (Å²) >= 11 is 5.74. The van der Waals surface area contributed by atoms with Crippen LogP contribution in [0.15, 0.2) is 30.6 Å². The molecule has 0 bridgehead atoms. The lowest BCUT2D eigenvalue weighted by Crippen LogP contribution is -2.39. The molecule has 1 unspecified atom stereocenters. The normalized spacial score (nSPS) is 17.4. The van der Waals surface area contributed by atoms with Crippen LogP contribution in [-0.2, 0) is 0 Å². The van der Waals surface area contributed by atoms with Crippen molar-refractivity contribution in [2.45, 2.75) is 38.6 Å². The van der Waals surface area contributed by atoms with E-state index in [1.54, 1.807) is 6.07 Å². The van der Waals surface area contributed by atoms with E-state index in [0.29, 0.717) is 11.7 Å². The zero-order valence-electron chi connectivity index (χ0n) is 14.0. The van der Waals surface area contributed by atoms with E-state index in [1.165, 1.54) is 30.9 Å². The van der Waals surface area contributed by atoms with Gasteiger partial charge in [0.25, 0.3) is 5.91 Å². The van der Waals surface area contributed by atoms with Gasteiger partial charge in [0.15, 0.2) is 0 Å². The molecule has 1 atom stereocenters. The molecule has 1 aromatic carbocycles. The van der Waals surface area contributed by atoms with Crippen molar-refractivity contribution < 1.29 is 9.18 Å². The molecule has 1 aromatic heterocycles. The van der Waals surface area contributed by atoms with Crippen molar-refractivity contribution in [3.8, 4) is 0 Å². The standard InChI is InChI=1S/C18H20ClFN4O/c1-2-13-5-3-4-8-24(13)17-10-16(21-11-22-17)18(25)23-12-6-7-15(20)14(19)9-12/h6-7,9-11,13H,2-5,8H2,1H3,(H,23,25). The van der Waals surface area contributed by atoms with E-state index in [9.17, 15) is 9.18 Å².